The first-order valence-electron chi connectivity index (χ1n) is 10.1. The molecule has 0 spiro atoms. The summed E-state index contributed by atoms with van der Waals surface area (Å²) in [5, 5.41) is 4.41. The van der Waals surface area contributed by atoms with Crippen LogP contribution in [0.15, 0.2) is 83.5 Å². The smallest absolute Gasteiger partial charge is 0.416 e. The van der Waals surface area contributed by atoms with Crippen molar-refractivity contribution in [2.75, 3.05) is 6.54 Å². The second kappa shape index (κ2) is 9.62. The summed E-state index contributed by atoms with van der Waals surface area (Å²) in [5.41, 5.74) is 0.628. The molecule has 3 aromatic carbocycles. The number of halogens is 4. The van der Waals surface area contributed by atoms with E-state index < -0.39 is 11.7 Å². The number of alkyl halides is 3. The maximum absolute atomic E-state index is 12.8. The molecule has 0 fully saturated rings. The topological polar surface area (TPSA) is 51.2 Å². The van der Waals surface area contributed by atoms with Gasteiger partial charge in [0, 0.05) is 40.3 Å². The molecule has 4 rings (SSSR count). The number of benzene rings is 3. The van der Waals surface area contributed by atoms with Crippen molar-refractivity contribution < 1.29 is 22.7 Å². The van der Waals surface area contributed by atoms with Gasteiger partial charge in [0.2, 0.25) is 0 Å². The fraction of sp³-hybridized carbons (Fsp3) is 0.120. The van der Waals surface area contributed by atoms with Crippen LogP contribution in [0, 0.1) is 0 Å². The van der Waals surface area contributed by atoms with Gasteiger partial charge in [-0.3, -0.25) is 9.78 Å². The lowest BCUT2D eigenvalue weighted by atomic mass is 10.1. The van der Waals surface area contributed by atoms with E-state index in [1.165, 1.54) is 12.1 Å². The van der Waals surface area contributed by atoms with Crippen LogP contribution in [-0.2, 0) is 12.6 Å². The van der Waals surface area contributed by atoms with E-state index >= 15 is 0 Å². The van der Waals surface area contributed by atoms with E-state index in [2.05, 4.69) is 26.2 Å². The van der Waals surface area contributed by atoms with Crippen molar-refractivity contribution in [2.24, 2.45) is 0 Å². The van der Waals surface area contributed by atoms with E-state index in [0.717, 1.165) is 33.1 Å². The molecule has 1 amide bonds. The number of carbonyl (C=O) groups is 1. The second-order valence-corrected chi connectivity index (χ2v) is 8.20. The molecule has 0 saturated carbocycles. The molecule has 0 aliphatic heterocycles. The number of hydrogen-bond donors (Lipinski definition) is 1. The molecule has 168 valence electrons. The maximum Gasteiger partial charge on any atom is 0.416 e. The normalized spacial score (nSPS) is 11.4. The van der Waals surface area contributed by atoms with E-state index in [1.54, 1.807) is 36.5 Å². The van der Waals surface area contributed by atoms with Crippen LogP contribution in [0.1, 0.15) is 21.6 Å². The van der Waals surface area contributed by atoms with Crippen molar-refractivity contribution in [3.8, 4) is 11.5 Å². The van der Waals surface area contributed by atoms with Crippen LogP contribution in [0.2, 0.25) is 0 Å². The van der Waals surface area contributed by atoms with Gasteiger partial charge in [-0.2, -0.15) is 13.2 Å². The summed E-state index contributed by atoms with van der Waals surface area (Å²) in [7, 11) is 0. The van der Waals surface area contributed by atoms with Gasteiger partial charge >= 0.3 is 6.18 Å². The third kappa shape index (κ3) is 5.70. The highest BCUT2D eigenvalue weighted by Gasteiger charge is 2.30. The fourth-order valence-electron chi connectivity index (χ4n) is 3.31. The number of aromatic nitrogens is 1. The number of carbonyl (C=O) groups excluding carboxylic acids is 1. The van der Waals surface area contributed by atoms with Crippen LogP contribution < -0.4 is 10.1 Å². The quantitative estimate of drug-likeness (QED) is 0.308. The van der Waals surface area contributed by atoms with Crippen molar-refractivity contribution in [3.05, 3.63) is 100 Å². The molecule has 4 aromatic rings. The highest BCUT2D eigenvalue weighted by atomic mass is 79.9. The van der Waals surface area contributed by atoms with Gasteiger partial charge in [-0.05, 0) is 66.0 Å². The van der Waals surface area contributed by atoms with Crippen LogP contribution >= 0.6 is 15.9 Å². The second-order valence-electron chi connectivity index (χ2n) is 7.29. The Balaban J connectivity index is 1.45. The van der Waals surface area contributed by atoms with Crippen molar-refractivity contribution in [3.63, 3.8) is 0 Å². The lowest BCUT2D eigenvalue weighted by Gasteiger charge is -2.12. The Labute approximate surface area is 196 Å². The molecule has 0 aliphatic carbocycles. The Morgan fingerprint density at radius 1 is 1.00 bits per heavy atom. The SMILES string of the molecule is O=C(NCCc1cc(Br)ccn1)c1ccc2c(Oc3ccc(C(F)(F)F)cc3)cccc2c1. The number of fused-ring (bicyclic) bond motifs is 1. The molecule has 0 bridgehead atoms. The van der Waals surface area contributed by atoms with Gasteiger partial charge in [-0.25, -0.2) is 0 Å². The molecule has 8 heteroatoms. The predicted molar refractivity (Wildman–Crippen MR) is 123 cm³/mol. The van der Waals surface area contributed by atoms with Gasteiger partial charge in [0.25, 0.3) is 5.91 Å². The summed E-state index contributed by atoms with van der Waals surface area (Å²) in [6.45, 7) is 0.442. The number of ether oxygens (including phenoxy) is 1. The standard InChI is InChI=1S/C25H18BrF3N2O2/c26-19-10-12-30-20(15-19)11-13-31-24(32)17-4-9-22-16(14-17)2-1-3-23(22)33-21-7-5-18(6-8-21)25(27,28)29/h1-10,12,14-15H,11,13H2,(H,31,32). The minimum absolute atomic E-state index is 0.207. The minimum atomic E-state index is -4.40. The average Bonchev–Trinajstić information content (AvgIpc) is 2.79. The molecule has 0 saturated heterocycles. The van der Waals surface area contributed by atoms with Gasteiger partial charge < -0.3 is 10.1 Å². The lowest BCUT2D eigenvalue weighted by molar-refractivity contribution is -0.137. The Hall–Kier alpha value is -3.39. The first kappa shape index (κ1) is 22.8. The monoisotopic (exact) mass is 514 g/mol. The molecule has 4 nitrogen and oxygen atoms in total. The molecule has 1 N–H and O–H groups in total. The molecule has 0 radical (unpaired) electrons. The fourth-order valence-corrected chi connectivity index (χ4v) is 3.70. The van der Waals surface area contributed by atoms with Crippen LogP contribution in [0.4, 0.5) is 13.2 Å². The minimum Gasteiger partial charge on any atom is -0.457 e. The summed E-state index contributed by atoms with van der Waals surface area (Å²) in [6, 6.07) is 18.8. The number of pyridine rings is 1. The Bertz CT molecular complexity index is 1290. The zero-order valence-electron chi connectivity index (χ0n) is 17.2. The third-order valence-corrected chi connectivity index (χ3v) is 5.45. The first-order valence-corrected chi connectivity index (χ1v) is 10.9. The molecule has 1 heterocycles. The van der Waals surface area contributed by atoms with Crippen molar-refractivity contribution in [1.29, 1.82) is 0 Å². The number of nitrogens with zero attached hydrogens (tertiary/aromatic N) is 1. The van der Waals surface area contributed by atoms with Crippen molar-refractivity contribution in [1.82, 2.24) is 10.3 Å². The number of nitrogens with one attached hydrogen (secondary N) is 1. The van der Waals surface area contributed by atoms with Crippen LogP contribution in [0.25, 0.3) is 10.8 Å². The summed E-state index contributed by atoms with van der Waals surface area (Å²) in [4.78, 5) is 16.8. The third-order valence-electron chi connectivity index (χ3n) is 4.96. The van der Waals surface area contributed by atoms with Gasteiger partial charge in [-0.1, -0.05) is 28.1 Å². The molecule has 0 atom stereocenters. The summed E-state index contributed by atoms with van der Waals surface area (Å²) < 4.78 is 45.0. The summed E-state index contributed by atoms with van der Waals surface area (Å²) in [6.07, 6.45) is -2.10. The van der Waals surface area contributed by atoms with Gasteiger partial charge in [-0.15, -0.1) is 0 Å². The zero-order chi connectivity index (χ0) is 23.4. The molecular weight excluding hydrogens is 497 g/mol. The molecule has 33 heavy (non-hydrogen) atoms. The Kier molecular flexibility index (Phi) is 6.65. The van der Waals surface area contributed by atoms with E-state index in [9.17, 15) is 18.0 Å². The predicted octanol–water partition coefficient (Wildman–Crippen LogP) is 6.78. The van der Waals surface area contributed by atoms with E-state index in [0.29, 0.717) is 30.0 Å². The van der Waals surface area contributed by atoms with Gasteiger partial charge in [0.15, 0.2) is 0 Å². The maximum atomic E-state index is 12.8. The lowest BCUT2D eigenvalue weighted by Crippen LogP contribution is -2.25. The highest BCUT2D eigenvalue weighted by Crippen LogP contribution is 2.33. The van der Waals surface area contributed by atoms with Crippen molar-refractivity contribution >= 4 is 32.6 Å². The van der Waals surface area contributed by atoms with Crippen LogP contribution in [0.5, 0.6) is 11.5 Å². The first-order chi connectivity index (χ1) is 15.8. The van der Waals surface area contributed by atoms with E-state index in [-0.39, 0.29) is 5.91 Å². The molecule has 0 aliphatic rings. The number of hydrogen-bond acceptors (Lipinski definition) is 3. The largest absolute Gasteiger partial charge is 0.457 e. The number of amides is 1. The van der Waals surface area contributed by atoms with Gasteiger partial charge in [0.1, 0.15) is 11.5 Å². The Morgan fingerprint density at radius 3 is 2.52 bits per heavy atom. The van der Waals surface area contributed by atoms with Gasteiger partial charge in [0.05, 0.1) is 5.56 Å². The Morgan fingerprint density at radius 2 is 1.79 bits per heavy atom. The van der Waals surface area contributed by atoms with Crippen LogP contribution in [0.3, 0.4) is 0 Å². The van der Waals surface area contributed by atoms with E-state index in [4.69, 9.17) is 4.74 Å². The summed E-state index contributed by atoms with van der Waals surface area (Å²) >= 11 is 3.40. The van der Waals surface area contributed by atoms with Crippen LogP contribution in [-0.4, -0.2) is 17.4 Å². The summed E-state index contributed by atoms with van der Waals surface area (Å²) in [5.74, 6) is 0.569. The molecular formula is C25H18BrF3N2O2. The van der Waals surface area contributed by atoms with E-state index in [1.807, 2.05) is 18.2 Å². The number of rotatable bonds is 6. The average molecular weight is 515 g/mol. The molecule has 0 unspecified atom stereocenters. The zero-order valence-corrected chi connectivity index (χ0v) is 18.8. The molecule has 1 aromatic heterocycles. The highest BCUT2D eigenvalue weighted by molar-refractivity contribution is 9.10. The van der Waals surface area contributed by atoms with Crippen molar-refractivity contribution in [2.45, 2.75) is 12.6 Å².